The molecule has 6 nitrogen and oxygen atoms in total. The molecule has 136 valence electrons. The Hall–Kier alpha value is -2.16. The molecule has 0 radical (unpaired) electrons. The highest BCUT2D eigenvalue weighted by molar-refractivity contribution is 14.0. The number of nitrogens with one attached hydrogen (secondary N) is 1. The van der Waals surface area contributed by atoms with Gasteiger partial charge in [-0.2, -0.15) is 0 Å². The summed E-state index contributed by atoms with van der Waals surface area (Å²) in [5.74, 6) is 2.25. The maximum absolute atomic E-state index is 5.98. The molecule has 0 heterocycles. The van der Waals surface area contributed by atoms with Gasteiger partial charge in [-0.05, 0) is 24.6 Å². The average Bonchev–Trinajstić information content (AvgIpc) is 2.59. The third-order valence-electron chi connectivity index (χ3n) is 3.52. The molecular formula is C18H24IN3O3. The van der Waals surface area contributed by atoms with E-state index >= 15 is 0 Å². The maximum Gasteiger partial charge on any atom is 0.193 e. The number of aryl methyl sites for hydroxylation is 1. The van der Waals surface area contributed by atoms with E-state index in [0.717, 1.165) is 16.8 Å². The van der Waals surface area contributed by atoms with E-state index in [1.54, 1.807) is 33.5 Å². The van der Waals surface area contributed by atoms with Gasteiger partial charge in [0.15, 0.2) is 5.96 Å². The highest BCUT2D eigenvalue weighted by Gasteiger charge is 2.13. The normalized spacial score (nSPS) is 10.6. The molecule has 3 N–H and O–H groups in total. The number of methoxy groups -OCH3 is 3. The molecule has 7 heteroatoms. The molecular weight excluding hydrogens is 433 g/mol. The highest BCUT2D eigenvalue weighted by Crippen LogP contribution is 2.34. The van der Waals surface area contributed by atoms with Crippen LogP contribution in [0.15, 0.2) is 41.4 Å². The summed E-state index contributed by atoms with van der Waals surface area (Å²) in [4.78, 5) is 4.37. The second kappa shape index (κ2) is 9.97. The van der Waals surface area contributed by atoms with Gasteiger partial charge in [0, 0.05) is 17.8 Å². The van der Waals surface area contributed by atoms with Crippen molar-refractivity contribution in [3.8, 4) is 17.2 Å². The topological polar surface area (TPSA) is 78.1 Å². The Bertz CT molecular complexity index is 710. The van der Waals surface area contributed by atoms with Gasteiger partial charge in [0.25, 0.3) is 0 Å². The van der Waals surface area contributed by atoms with Crippen molar-refractivity contribution in [2.75, 3.05) is 26.6 Å². The van der Waals surface area contributed by atoms with Gasteiger partial charge in [-0.3, -0.25) is 0 Å². The van der Waals surface area contributed by atoms with Crippen LogP contribution >= 0.6 is 24.0 Å². The largest absolute Gasteiger partial charge is 0.496 e. The molecule has 2 aromatic carbocycles. The van der Waals surface area contributed by atoms with Crippen LogP contribution in [0.3, 0.4) is 0 Å². The molecule has 2 rings (SSSR count). The van der Waals surface area contributed by atoms with Gasteiger partial charge in [-0.15, -0.1) is 24.0 Å². The number of anilines is 1. The lowest BCUT2D eigenvalue weighted by atomic mass is 10.1. The molecule has 25 heavy (non-hydrogen) atoms. The van der Waals surface area contributed by atoms with Gasteiger partial charge in [0.2, 0.25) is 0 Å². The standard InChI is InChI=1S/C18H23N3O3.HI/c1-12-6-5-7-13(8-12)21-18(19)20-11-15-16(23-3)9-14(22-2)10-17(15)24-4;/h5-10H,11H2,1-4H3,(H3,19,20,21);1H. The van der Waals surface area contributed by atoms with Crippen LogP contribution in [0.2, 0.25) is 0 Å². The molecule has 0 saturated carbocycles. The number of benzene rings is 2. The Balaban J connectivity index is 0.00000312. The Morgan fingerprint density at radius 1 is 1.04 bits per heavy atom. The Kier molecular flexibility index (Phi) is 8.33. The first-order chi connectivity index (χ1) is 11.6. The van der Waals surface area contributed by atoms with Crippen LogP contribution in [0.25, 0.3) is 0 Å². The number of guanidine groups is 1. The highest BCUT2D eigenvalue weighted by atomic mass is 127. The Morgan fingerprint density at radius 3 is 2.20 bits per heavy atom. The van der Waals surface area contributed by atoms with E-state index in [1.807, 2.05) is 31.2 Å². The van der Waals surface area contributed by atoms with E-state index in [2.05, 4.69) is 10.3 Å². The molecule has 0 amide bonds. The number of ether oxygens (including phenoxy) is 3. The molecule has 0 atom stereocenters. The number of hydrogen-bond donors (Lipinski definition) is 2. The molecule has 0 saturated heterocycles. The quantitative estimate of drug-likeness (QED) is 0.394. The van der Waals surface area contributed by atoms with Crippen LogP contribution in [0.4, 0.5) is 5.69 Å². The van der Waals surface area contributed by atoms with Crippen LogP contribution in [0.5, 0.6) is 17.2 Å². The third-order valence-corrected chi connectivity index (χ3v) is 3.52. The second-order valence-electron chi connectivity index (χ2n) is 5.21. The van der Waals surface area contributed by atoms with Crippen molar-refractivity contribution in [3.05, 3.63) is 47.5 Å². The van der Waals surface area contributed by atoms with E-state index < -0.39 is 0 Å². The van der Waals surface area contributed by atoms with E-state index in [9.17, 15) is 0 Å². The van der Waals surface area contributed by atoms with Crippen molar-refractivity contribution in [2.24, 2.45) is 10.7 Å². The summed E-state index contributed by atoms with van der Waals surface area (Å²) in [6.07, 6.45) is 0. The van der Waals surface area contributed by atoms with E-state index in [4.69, 9.17) is 19.9 Å². The first-order valence-corrected chi connectivity index (χ1v) is 7.50. The van der Waals surface area contributed by atoms with Crippen molar-refractivity contribution in [3.63, 3.8) is 0 Å². The molecule has 0 aliphatic carbocycles. The van der Waals surface area contributed by atoms with Gasteiger partial charge in [0.1, 0.15) is 17.2 Å². The van der Waals surface area contributed by atoms with Gasteiger partial charge in [0.05, 0.1) is 33.4 Å². The molecule has 0 unspecified atom stereocenters. The van der Waals surface area contributed by atoms with Gasteiger partial charge >= 0.3 is 0 Å². The summed E-state index contributed by atoms with van der Waals surface area (Å²) in [5.41, 5.74) is 8.81. The monoisotopic (exact) mass is 457 g/mol. The third kappa shape index (κ3) is 5.70. The van der Waals surface area contributed by atoms with Crippen molar-refractivity contribution < 1.29 is 14.2 Å². The lowest BCUT2D eigenvalue weighted by Gasteiger charge is -2.14. The number of aliphatic imine (C=N–C) groups is 1. The van der Waals surface area contributed by atoms with E-state index in [1.165, 1.54) is 0 Å². The van der Waals surface area contributed by atoms with Gasteiger partial charge in [-0.25, -0.2) is 4.99 Å². The zero-order valence-electron chi connectivity index (χ0n) is 14.8. The minimum Gasteiger partial charge on any atom is -0.496 e. The molecule has 2 aromatic rings. The second-order valence-corrected chi connectivity index (χ2v) is 5.21. The fourth-order valence-electron chi connectivity index (χ4n) is 2.31. The number of rotatable bonds is 6. The Morgan fingerprint density at radius 2 is 1.68 bits per heavy atom. The fraction of sp³-hybridized carbons (Fsp3) is 0.278. The number of halogens is 1. The van der Waals surface area contributed by atoms with Crippen molar-refractivity contribution in [1.82, 2.24) is 0 Å². The van der Waals surface area contributed by atoms with E-state index in [-0.39, 0.29) is 24.0 Å². The summed E-state index contributed by atoms with van der Waals surface area (Å²) in [6, 6.07) is 11.5. The lowest BCUT2D eigenvalue weighted by molar-refractivity contribution is 0.369. The van der Waals surface area contributed by atoms with Crippen LogP contribution in [0.1, 0.15) is 11.1 Å². The number of nitrogens with zero attached hydrogens (tertiary/aromatic N) is 1. The average molecular weight is 457 g/mol. The van der Waals surface area contributed by atoms with Crippen molar-refractivity contribution >= 4 is 35.6 Å². The minimum absolute atomic E-state index is 0. The van der Waals surface area contributed by atoms with Crippen LogP contribution in [-0.4, -0.2) is 27.3 Å². The van der Waals surface area contributed by atoms with Crippen LogP contribution < -0.4 is 25.3 Å². The first kappa shape index (κ1) is 20.9. The van der Waals surface area contributed by atoms with Crippen LogP contribution in [-0.2, 0) is 6.54 Å². The zero-order valence-corrected chi connectivity index (χ0v) is 17.2. The fourth-order valence-corrected chi connectivity index (χ4v) is 2.31. The molecule has 0 bridgehead atoms. The van der Waals surface area contributed by atoms with Gasteiger partial charge < -0.3 is 25.3 Å². The van der Waals surface area contributed by atoms with Gasteiger partial charge in [-0.1, -0.05) is 12.1 Å². The SMILES string of the molecule is COc1cc(OC)c(CN=C(N)Nc2cccc(C)c2)c(OC)c1.I. The molecule has 0 aliphatic heterocycles. The van der Waals surface area contributed by atoms with Crippen LogP contribution in [0, 0.1) is 6.92 Å². The summed E-state index contributed by atoms with van der Waals surface area (Å²) < 4.78 is 16.0. The first-order valence-electron chi connectivity index (χ1n) is 7.50. The predicted molar refractivity (Wildman–Crippen MR) is 112 cm³/mol. The molecule has 0 spiro atoms. The zero-order chi connectivity index (χ0) is 17.5. The summed E-state index contributed by atoms with van der Waals surface area (Å²) >= 11 is 0. The molecule has 0 aliphatic rings. The Labute approximate surface area is 165 Å². The summed E-state index contributed by atoms with van der Waals surface area (Å²) in [7, 11) is 4.78. The van der Waals surface area contributed by atoms with Crippen molar-refractivity contribution in [2.45, 2.75) is 13.5 Å². The summed E-state index contributed by atoms with van der Waals surface area (Å²) in [5, 5.41) is 3.07. The molecule has 0 aromatic heterocycles. The summed E-state index contributed by atoms with van der Waals surface area (Å²) in [6.45, 7) is 2.34. The van der Waals surface area contributed by atoms with Crippen molar-refractivity contribution in [1.29, 1.82) is 0 Å². The smallest absolute Gasteiger partial charge is 0.193 e. The molecule has 0 fully saturated rings. The lowest BCUT2D eigenvalue weighted by Crippen LogP contribution is -2.22. The number of hydrogen-bond acceptors (Lipinski definition) is 4. The number of nitrogens with two attached hydrogens (primary N) is 1. The minimum atomic E-state index is 0. The van der Waals surface area contributed by atoms with E-state index in [0.29, 0.717) is 29.8 Å². The predicted octanol–water partition coefficient (Wildman–Crippen LogP) is 3.57. The maximum atomic E-state index is 5.98.